The lowest BCUT2D eigenvalue weighted by molar-refractivity contribution is -0.142. The summed E-state index contributed by atoms with van der Waals surface area (Å²) in [6.07, 6.45) is 0.175. The third-order valence-electron chi connectivity index (χ3n) is 3.79. The van der Waals surface area contributed by atoms with Crippen LogP contribution in [0.2, 0.25) is 0 Å². The van der Waals surface area contributed by atoms with Gasteiger partial charge < -0.3 is 10.4 Å². The van der Waals surface area contributed by atoms with Crippen molar-refractivity contribution in [3.05, 3.63) is 66.0 Å². The molecule has 0 aliphatic heterocycles. The molecule has 4 nitrogen and oxygen atoms in total. The number of carbonyl (C=O) groups is 2. The van der Waals surface area contributed by atoms with Gasteiger partial charge in [-0.2, -0.15) is 0 Å². The average Bonchev–Trinajstić information content (AvgIpc) is 2.61. The van der Waals surface area contributed by atoms with Crippen molar-refractivity contribution in [2.75, 3.05) is 5.75 Å². The van der Waals surface area contributed by atoms with Crippen LogP contribution in [0.1, 0.15) is 24.9 Å². The molecule has 0 saturated carbocycles. The van der Waals surface area contributed by atoms with Gasteiger partial charge in [-0.15, -0.1) is 11.8 Å². The highest BCUT2D eigenvalue weighted by Gasteiger charge is 2.26. The Morgan fingerprint density at radius 2 is 1.76 bits per heavy atom. The summed E-state index contributed by atoms with van der Waals surface area (Å²) in [5.74, 6) is -1.89. The van der Waals surface area contributed by atoms with E-state index in [2.05, 4.69) is 5.32 Å². The van der Waals surface area contributed by atoms with Crippen LogP contribution in [-0.2, 0) is 9.59 Å². The van der Waals surface area contributed by atoms with E-state index in [0.29, 0.717) is 10.6 Å². The van der Waals surface area contributed by atoms with Gasteiger partial charge in [0.05, 0.1) is 12.0 Å². The Hall–Kier alpha value is -2.34. The topological polar surface area (TPSA) is 66.4 Å². The molecule has 2 rings (SSSR count). The van der Waals surface area contributed by atoms with Crippen molar-refractivity contribution in [1.29, 1.82) is 0 Å². The van der Waals surface area contributed by atoms with Crippen LogP contribution in [0.5, 0.6) is 0 Å². The molecular weight excluding hydrogens is 341 g/mol. The van der Waals surface area contributed by atoms with Crippen LogP contribution in [0.25, 0.3) is 0 Å². The zero-order valence-electron chi connectivity index (χ0n) is 13.8. The molecule has 2 atom stereocenters. The zero-order valence-corrected chi connectivity index (χ0v) is 14.6. The Morgan fingerprint density at radius 3 is 2.40 bits per heavy atom. The molecule has 2 unspecified atom stereocenters. The van der Waals surface area contributed by atoms with E-state index in [1.807, 2.05) is 6.07 Å². The molecule has 0 bridgehead atoms. The molecule has 132 valence electrons. The van der Waals surface area contributed by atoms with Crippen LogP contribution < -0.4 is 5.32 Å². The Labute approximate surface area is 150 Å². The second-order valence-corrected chi connectivity index (χ2v) is 6.75. The smallest absolute Gasteiger partial charge is 0.308 e. The van der Waals surface area contributed by atoms with Crippen LogP contribution in [0.3, 0.4) is 0 Å². The van der Waals surface area contributed by atoms with E-state index in [-0.39, 0.29) is 18.1 Å². The zero-order chi connectivity index (χ0) is 18.2. The highest BCUT2D eigenvalue weighted by Crippen LogP contribution is 2.24. The summed E-state index contributed by atoms with van der Waals surface area (Å²) in [5, 5.41) is 12.1. The fraction of sp³-hybridized carbons (Fsp3) is 0.263. The summed E-state index contributed by atoms with van der Waals surface area (Å²) in [7, 11) is 0. The molecule has 6 heteroatoms. The second-order valence-electron chi connectivity index (χ2n) is 5.61. The molecule has 1 amide bonds. The van der Waals surface area contributed by atoms with Crippen molar-refractivity contribution in [3.8, 4) is 0 Å². The van der Waals surface area contributed by atoms with E-state index < -0.39 is 17.9 Å². The number of halogens is 1. The molecule has 25 heavy (non-hydrogen) atoms. The van der Waals surface area contributed by atoms with Gasteiger partial charge in [0, 0.05) is 17.1 Å². The van der Waals surface area contributed by atoms with Gasteiger partial charge in [0.15, 0.2) is 0 Å². The summed E-state index contributed by atoms with van der Waals surface area (Å²) < 4.78 is 13.6. The monoisotopic (exact) mass is 361 g/mol. The normalized spacial score (nSPS) is 13.0. The lowest BCUT2D eigenvalue weighted by Crippen LogP contribution is -2.35. The van der Waals surface area contributed by atoms with E-state index in [4.69, 9.17) is 0 Å². The lowest BCUT2D eigenvalue weighted by atomic mass is 9.94. The Balaban J connectivity index is 1.95. The van der Waals surface area contributed by atoms with Crippen LogP contribution in [0.15, 0.2) is 59.5 Å². The molecule has 0 spiro atoms. The number of carboxylic acid groups (broad SMARTS) is 1. The highest BCUT2D eigenvalue weighted by molar-refractivity contribution is 7.99. The van der Waals surface area contributed by atoms with E-state index >= 15 is 0 Å². The number of thioether (sulfide) groups is 1. The minimum Gasteiger partial charge on any atom is -0.481 e. The van der Waals surface area contributed by atoms with Crippen molar-refractivity contribution in [2.24, 2.45) is 5.92 Å². The number of hydrogen-bond donors (Lipinski definition) is 2. The summed E-state index contributed by atoms with van der Waals surface area (Å²) in [6.45, 7) is 1.56. The largest absolute Gasteiger partial charge is 0.481 e. The van der Waals surface area contributed by atoms with Gasteiger partial charge >= 0.3 is 5.97 Å². The first-order valence-corrected chi connectivity index (χ1v) is 8.92. The maximum Gasteiger partial charge on any atom is 0.308 e. The third-order valence-corrected chi connectivity index (χ3v) is 4.84. The number of carbonyl (C=O) groups excluding carboxylic acids is 1. The molecule has 0 fully saturated rings. The molecule has 0 aliphatic carbocycles. The number of carboxylic acids is 1. The molecule has 0 aliphatic rings. The van der Waals surface area contributed by atoms with E-state index in [1.54, 1.807) is 49.4 Å². The van der Waals surface area contributed by atoms with Gasteiger partial charge in [-0.3, -0.25) is 9.59 Å². The van der Waals surface area contributed by atoms with E-state index in [0.717, 1.165) is 5.56 Å². The van der Waals surface area contributed by atoms with E-state index in [9.17, 15) is 19.1 Å². The Bertz CT molecular complexity index is 724. The number of amides is 1. The first-order chi connectivity index (χ1) is 12.0. The lowest BCUT2D eigenvalue weighted by Gasteiger charge is -2.23. The fourth-order valence-electron chi connectivity index (χ4n) is 2.36. The van der Waals surface area contributed by atoms with Gasteiger partial charge in [0.25, 0.3) is 0 Å². The number of hydrogen-bond acceptors (Lipinski definition) is 3. The maximum absolute atomic E-state index is 13.6. The second kappa shape index (κ2) is 9.22. The summed E-state index contributed by atoms with van der Waals surface area (Å²) in [5.41, 5.74) is 0.743. The first kappa shape index (κ1) is 19.0. The first-order valence-electron chi connectivity index (χ1n) is 7.93. The van der Waals surface area contributed by atoms with Gasteiger partial charge in [0.2, 0.25) is 5.91 Å². The predicted molar refractivity (Wildman–Crippen MR) is 95.9 cm³/mol. The molecule has 0 aromatic heterocycles. The molecule has 0 radical (unpaired) electrons. The van der Waals surface area contributed by atoms with E-state index in [1.165, 1.54) is 17.8 Å². The van der Waals surface area contributed by atoms with Gasteiger partial charge in [-0.05, 0) is 24.6 Å². The van der Waals surface area contributed by atoms with Crippen LogP contribution in [-0.4, -0.2) is 22.7 Å². The van der Waals surface area contributed by atoms with Gasteiger partial charge in [-0.25, -0.2) is 4.39 Å². The molecule has 2 aromatic rings. The Morgan fingerprint density at radius 1 is 1.12 bits per heavy atom. The molecular formula is C19H20FNO3S. The van der Waals surface area contributed by atoms with Crippen LogP contribution in [0, 0.1) is 11.7 Å². The van der Waals surface area contributed by atoms with Crippen molar-refractivity contribution < 1.29 is 19.1 Å². The molecule has 2 aromatic carbocycles. The molecule has 0 heterocycles. The standard InChI is InChI=1S/C19H20FNO3S/c1-13(19(23)24)18(14-7-3-2-4-8-14)21-17(22)11-12-25-16-10-6-5-9-15(16)20/h2-10,13,18H,11-12H2,1H3,(H,21,22)(H,23,24). The average molecular weight is 361 g/mol. The minimum absolute atomic E-state index is 0.175. The molecule has 0 saturated heterocycles. The number of benzene rings is 2. The highest BCUT2D eigenvalue weighted by atomic mass is 32.2. The third kappa shape index (κ3) is 5.60. The fourth-order valence-corrected chi connectivity index (χ4v) is 3.25. The predicted octanol–water partition coefficient (Wildman–Crippen LogP) is 3.89. The van der Waals surface area contributed by atoms with Crippen molar-refractivity contribution in [1.82, 2.24) is 5.32 Å². The van der Waals surface area contributed by atoms with Gasteiger partial charge in [-0.1, -0.05) is 42.5 Å². The van der Waals surface area contributed by atoms with Gasteiger partial charge in [0.1, 0.15) is 5.82 Å². The SMILES string of the molecule is CC(C(=O)O)C(NC(=O)CCSc1ccccc1F)c1ccccc1. The number of aliphatic carboxylic acids is 1. The van der Waals surface area contributed by atoms with Crippen LogP contribution >= 0.6 is 11.8 Å². The quantitative estimate of drug-likeness (QED) is 0.700. The Kier molecular flexibility index (Phi) is 7.01. The number of nitrogens with one attached hydrogen (secondary N) is 1. The maximum atomic E-state index is 13.6. The number of rotatable bonds is 8. The summed E-state index contributed by atoms with van der Waals surface area (Å²) in [4.78, 5) is 24.0. The van der Waals surface area contributed by atoms with Crippen LogP contribution in [0.4, 0.5) is 4.39 Å². The minimum atomic E-state index is -0.977. The summed E-state index contributed by atoms with van der Waals surface area (Å²) in [6, 6.07) is 14.8. The van der Waals surface area contributed by atoms with Crippen molar-refractivity contribution >= 4 is 23.6 Å². The molecule has 2 N–H and O–H groups in total. The summed E-state index contributed by atoms with van der Waals surface area (Å²) >= 11 is 1.26. The van der Waals surface area contributed by atoms with Crippen molar-refractivity contribution in [2.45, 2.75) is 24.3 Å². The van der Waals surface area contributed by atoms with Crippen molar-refractivity contribution in [3.63, 3.8) is 0 Å².